The first-order chi connectivity index (χ1) is 18.9. The number of anilines is 1. The van der Waals surface area contributed by atoms with E-state index in [9.17, 15) is 14.7 Å². The molecule has 2 saturated carbocycles. The van der Waals surface area contributed by atoms with E-state index in [2.05, 4.69) is 49.2 Å². The van der Waals surface area contributed by atoms with Crippen LogP contribution in [-0.2, 0) is 21.5 Å². The summed E-state index contributed by atoms with van der Waals surface area (Å²) in [5, 5.41) is 17.5. The number of fused-ring (bicyclic) bond motifs is 5. The molecule has 1 aromatic heterocycles. The maximum Gasteiger partial charge on any atom is 0.511 e. The molecule has 2 N–H and O–H groups in total. The molecule has 0 saturated heterocycles. The molecule has 1 amide bonds. The molecule has 8 nitrogen and oxygen atoms in total. The van der Waals surface area contributed by atoms with E-state index < -0.39 is 6.16 Å². The van der Waals surface area contributed by atoms with E-state index in [-0.39, 0.29) is 16.7 Å². The minimum atomic E-state index is -1.28. The second kappa shape index (κ2) is 10.8. The first-order valence-corrected chi connectivity index (χ1v) is 15.1. The largest absolute Gasteiger partial charge is 0.511 e. The standard InChI is InChI=1S/C31H41N3O5S/c1-17-16-32-28(40-17)33-26(35)10-8-19-14-25(34-38-6)31(5)12-11-20-21(27(19)31)9-7-18-13-24(39-29(36)37)23(15-22(18)20)30(2,3)4/h13,15-16,19-21,27H,7-12,14H2,1-6H3,(H,36,37)(H,32,33,35)/b34-25+/t19-,20?,21?,27?,31-/m1/s1. The molecule has 1 heterocycles. The van der Waals surface area contributed by atoms with Crippen molar-refractivity contribution in [1.82, 2.24) is 4.98 Å². The fourth-order valence-electron chi connectivity index (χ4n) is 7.87. The number of benzene rings is 1. The normalized spacial score (nSPS) is 28.4. The van der Waals surface area contributed by atoms with Crippen molar-refractivity contribution in [3.63, 3.8) is 0 Å². The van der Waals surface area contributed by atoms with E-state index in [1.165, 1.54) is 22.5 Å². The highest BCUT2D eigenvalue weighted by Gasteiger charge is 2.57. The van der Waals surface area contributed by atoms with Crippen LogP contribution in [0.5, 0.6) is 5.75 Å². The Labute approximate surface area is 240 Å². The Kier molecular flexibility index (Phi) is 7.72. The van der Waals surface area contributed by atoms with E-state index in [4.69, 9.17) is 9.57 Å². The fraction of sp³-hybridized carbons (Fsp3) is 0.613. The van der Waals surface area contributed by atoms with Gasteiger partial charge in [0.25, 0.3) is 0 Å². The molecule has 1 aromatic carbocycles. The Morgan fingerprint density at radius 1 is 1.27 bits per heavy atom. The zero-order chi connectivity index (χ0) is 28.8. The Morgan fingerprint density at radius 2 is 2.05 bits per heavy atom. The molecule has 216 valence electrons. The lowest BCUT2D eigenvalue weighted by Crippen LogP contribution is -2.44. The first kappa shape index (κ1) is 28.6. The van der Waals surface area contributed by atoms with Gasteiger partial charge >= 0.3 is 6.16 Å². The first-order valence-electron chi connectivity index (χ1n) is 14.3. The number of hydrogen-bond donors (Lipinski definition) is 2. The summed E-state index contributed by atoms with van der Waals surface area (Å²) in [5.74, 6) is 2.05. The second-order valence-electron chi connectivity index (χ2n) is 13.0. The Bertz CT molecular complexity index is 1330. The number of oxime groups is 1. The number of nitrogens with one attached hydrogen (secondary N) is 1. The van der Waals surface area contributed by atoms with E-state index in [1.807, 2.05) is 13.0 Å². The van der Waals surface area contributed by atoms with Gasteiger partial charge in [-0.25, -0.2) is 9.78 Å². The van der Waals surface area contributed by atoms with Crippen molar-refractivity contribution in [3.05, 3.63) is 39.9 Å². The lowest BCUT2D eigenvalue weighted by atomic mass is 9.53. The lowest BCUT2D eigenvalue weighted by molar-refractivity contribution is -0.116. The summed E-state index contributed by atoms with van der Waals surface area (Å²) >= 11 is 1.49. The minimum Gasteiger partial charge on any atom is -0.449 e. The predicted molar refractivity (Wildman–Crippen MR) is 156 cm³/mol. The molecule has 40 heavy (non-hydrogen) atoms. The van der Waals surface area contributed by atoms with Crippen LogP contribution in [0.2, 0.25) is 0 Å². The maximum atomic E-state index is 12.9. The summed E-state index contributed by atoms with van der Waals surface area (Å²) in [5.41, 5.74) is 4.29. The van der Waals surface area contributed by atoms with E-state index >= 15 is 0 Å². The van der Waals surface area contributed by atoms with E-state index in [0.29, 0.717) is 41.0 Å². The van der Waals surface area contributed by atoms with Crippen molar-refractivity contribution in [2.75, 3.05) is 12.4 Å². The third-order valence-electron chi connectivity index (χ3n) is 9.52. The van der Waals surface area contributed by atoms with Gasteiger partial charge in [0.2, 0.25) is 5.91 Å². The molecule has 0 aliphatic heterocycles. The van der Waals surface area contributed by atoms with Gasteiger partial charge in [0.05, 0.1) is 5.71 Å². The summed E-state index contributed by atoms with van der Waals surface area (Å²) in [6, 6.07) is 4.20. The van der Waals surface area contributed by atoms with Crippen molar-refractivity contribution in [2.45, 2.75) is 90.9 Å². The third-order valence-corrected chi connectivity index (χ3v) is 10.3. The predicted octanol–water partition coefficient (Wildman–Crippen LogP) is 7.31. The molecule has 3 aliphatic rings. The average Bonchev–Trinajstić information content (AvgIpc) is 3.41. The molecule has 3 aliphatic carbocycles. The van der Waals surface area contributed by atoms with Crippen molar-refractivity contribution in [2.24, 2.45) is 28.3 Å². The topological polar surface area (TPSA) is 110 Å². The molecule has 5 rings (SSSR count). The van der Waals surface area contributed by atoms with Crippen molar-refractivity contribution >= 4 is 34.2 Å². The van der Waals surface area contributed by atoms with Gasteiger partial charge in [0.1, 0.15) is 12.9 Å². The summed E-state index contributed by atoms with van der Waals surface area (Å²) in [6.07, 6.45) is 6.58. The summed E-state index contributed by atoms with van der Waals surface area (Å²) in [4.78, 5) is 35.0. The number of rotatable bonds is 6. The maximum absolute atomic E-state index is 12.9. The number of aryl methyl sites for hydroxylation is 2. The van der Waals surface area contributed by atoms with Crippen molar-refractivity contribution in [3.8, 4) is 5.75 Å². The molecule has 0 bridgehead atoms. The zero-order valence-electron chi connectivity index (χ0n) is 24.4. The summed E-state index contributed by atoms with van der Waals surface area (Å²) in [6.45, 7) is 10.6. The molecule has 5 atom stereocenters. The molecular formula is C31H41N3O5S. The highest BCUT2D eigenvalue weighted by molar-refractivity contribution is 7.15. The van der Waals surface area contributed by atoms with Gasteiger partial charge in [-0.05, 0) is 91.7 Å². The number of amides is 1. The molecule has 0 radical (unpaired) electrons. The molecule has 2 fully saturated rings. The van der Waals surface area contributed by atoms with Crippen LogP contribution in [0.25, 0.3) is 0 Å². The van der Waals surface area contributed by atoms with Crippen LogP contribution in [0.1, 0.15) is 93.7 Å². The molecule has 9 heteroatoms. The Hall–Kier alpha value is -2.94. The highest BCUT2D eigenvalue weighted by atomic mass is 32.1. The lowest BCUT2D eigenvalue weighted by Gasteiger charge is -2.50. The highest BCUT2D eigenvalue weighted by Crippen LogP contribution is 2.63. The van der Waals surface area contributed by atoms with Gasteiger partial charge in [-0.1, -0.05) is 38.9 Å². The number of hydrogen-bond acceptors (Lipinski definition) is 7. The third kappa shape index (κ3) is 5.37. The van der Waals surface area contributed by atoms with Gasteiger partial charge in [-0.15, -0.1) is 11.3 Å². The van der Waals surface area contributed by atoms with Gasteiger partial charge < -0.3 is 20.0 Å². The summed E-state index contributed by atoms with van der Waals surface area (Å²) in [7, 11) is 1.62. The monoisotopic (exact) mass is 567 g/mol. The molecule has 0 spiro atoms. The van der Waals surface area contributed by atoms with Gasteiger partial charge in [-0.2, -0.15) is 0 Å². The quantitative estimate of drug-likeness (QED) is 0.215. The Morgan fingerprint density at radius 3 is 2.70 bits per heavy atom. The molecular weight excluding hydrogens is 526 g/mol. The number of ether oxygens (including phenoxy) is 1. The van der Waals surface area contributed by atoms with Gasteiger partial charge in [0, 0.05) is 28.5 Å². The number of aromatic nitrogens is 1. The van der Waals surface area contributed by atoms with Crippen LogP contribution in [0.4, 0.5) is 9.93 Å². The number of carbonyl (C=O) groups excluding carboxylic acids is 1. The summed E-state index contributed by atoms with van der Waals surface area (Å²) < 4.78 is 5.26. The number of thiazole rings is 1. The Balaban J connectivity index is 1.43. The van der Waals surface area contributed by atoms with Crippen molar-refractivity contribution in [1.29, 1.82) is 0 Å². The average molecular weight is 568 g/mol. The SMILES string of the molecule is CO/N=C1\C[C@@H](CCC(=O)Nc2ncc(C)s2)C2C3CCc4cc(OC(=O)O)c(C(C)(C)C)cc4C3CC[C@]12C. The van der Waals surface area contributed by atoms with E-state index in [1.54, 1.807) is 13.3 Å². The van der Waals surface area contributed by atoms with Crippen LogP contribution >= 0.6 is 11.3 Å². The van der Waals surface area contributed by atoms with Crippen LogP contribution in [0.15, 0.2) is 23.5 Å². The van der Waals surface area contributed by atoms with Crippen molar-refractivity contribution < 1.29 is 24.3 Å². The minimum absolute atomic E-state index is 0.00955. The number of carboxylic acid groups (broad SMARTS) is 1. The molecule has 2 aromatic rings. The van der Waals surface area contributed by atoms with Crippen LogP contribution < -0.4 is 10.1 Å². The number of carbonyl (C=O) groups is 2. The van der Waals surface area contributed by atoms with Crippen LogP contribution in [0.3, 0.4) is 0 Å². The second-order valence-corrected chi connectivity index (χ2v) is 14.2. The van der Waals surface area contributed by atoms with Crippen LogP contribution in [0, 0.1) is 30.1 Å². The van der Waals surface area contributed by atoms with E-state index in [0.717, 1.165) is 54.7 Å². The van der Waals surface area contributed by atoms with Gasteiger partial charge in [0.15, 0.2) is 5.13 Å². The zero-order valence-corrected chi connectivity index (χ0v) is 25.2. The smallest absolute Gasteiger partial charge is 0.449 e. The number of nitrogens with zero attached hydrogens (tertiary/aromatic N) is 2. The van der Waals surface area contributed by atoms with Gasteiger partial charge in [-0.3, -0.25) is 4.79 Å². The molecule has 3 unspecified atom stereocenters. The fourth-order valence-corrected chi connectivity index (χ4v) is 8.55. The van der Waals surface area contributed by atoms with Crippen LogP contribution in [-0.4, -0.2) is 35.0 Å².